The molecule has 0 fully saturated rings. The first-order chi connectivity index (χ1) is 9.19. The molecule has 1 rings (SSSR count). The maximum Gasteiger partial charge on any atom is 0.0849 e. The van der Waals surface area contributed by atoms with Gasteiger partial charge >= 0.3 is 0 Å². The average molecular weight is 266 g/mol. The Morgan fingerprint density at radius 2 is 1.89 bits per heavy atom. The van der Waals surface area contributed by atoms with Gasteiger partial charge in [-0.25, -0.2) is 0 Å². The largest absolute Gasteiger partial charge is 0.396 e. The monoisotopic (exact) mass is 266 g/mol. The zero-order valence-electron chi connectivity index (χ0n) is 12.0. The third kappa shape index (κ3) is 5.72. The molecule has 19 heavy (non-hydrogen) atoms. The molecule has 0 aliphatic carbocycles. The van der Waals surface area contributed by atoms with Crippen LogP contribution in [0, 0.1) is 5.92 Å². The van der Waals surface area contributed by atoms with Gasteiger partial charge in [-0.05, 0) is 18.9 Å². The summed E-state index contributed by atoms with van der Waals surface area (Å²) in [5.74, 6) is -0.0919. The molecule has 0 bridgehead atoms. The summed E-state index contributed by atoms with van der Waals surface area (Å²) < 4.78 is 5.69. The maximum atomic E-state index is 10.2. The quantitative estimate of drug-likeness (QED) is 0.722. The van der Waals surface area contributed by atoms with Crippen molar-refractivity contribution in [2.75, 3.05) is 6.61 Å². The average Bonchev–Trinajstić information content (AvgIpc) is 2.46. The van der Waals surface area contributed by atoms with Gasteiger partial charge in [-0.2, -0.15) is 0 Å². The Morgan fingerprint density at radius 1 is 1.21 bits per heavy atom. The second kappa shape index (κ2) is 9.08. The Kier molecular flexibility index (Phi) is 7.72. The van der Waals surface area contributed by atoms with E-state index in [1.165, 1.54) is 0 Å². The van der Waals surface area contributed by atoms with E-state index in [1.54, 1.807) is 0 Å². The summed E-state index contributed by atoms with van der Waals surface area (Å²) in [6, 6.07) is 9.91. The summed E-state index contributed by atoms with van der Waals surface area (Å²) >= 11 is 0. The summed E-state index contributed by atoms with van der Waals surface area (Å²) in [4.78, 5) is 0. The Labute approximate surface area is 116 Å². The molecule has 1 aromatic carbocycles. The summed E-state index contributed by atoms with van der Waals surface area (Å²) in [5, 5.41) is 19.5. The van der Waals surface area contributed by atoms with E-state index in [-0.39, 0.29) is 18.6 Å². The molecule has 0 spiro atoms. The molecule has 0 unspecified atom stereocenters. The smallest absolute Gasteiger partial charge is 0.0849 e. The minimum Gasteiger partial charge on any atom is -0.396 e. The van der Waals surface area contributed by atoms with E-state index in [4.69, 9.17) is 4.74 Å². The van der Waals surface area contributed by atoms with Gasteiger partial charge < -0.3 is 14.9 Å². The summed E-state index contributed by atoms with van der Waals surface area (Å²) in [6.07, 6.45) is 2.05. The van der Waals surface area contributed by atoms with Crippen molar-refractivity contribution in [2.24, 2.45) is 5.92 Å². The highest BCUT2D eigenvalue weighted by atomic mass is 16.5. The van der Waals surface area contributed by atoms with Crippen LogP contribution in [-0.4, -0.2) is 29.0 Å². The molecule has 0 amide bonds. The normalized spacial score (nSPS) is 16.0. The van der Waals surface area contributed by atoms with Gasteiger partial charge in [-0.3, -0.25) is 0 Å². The van der Waals surface area contributed by atoms with Gasteiger partial charge in [0.05, 0.1) is 18.8 Å². The first-order valence-corrected chi connectivity index (χ1v) is 7.13. The number of benzene rings is 1. The van der Waals surface area contributed by atoms with E-state index < -0.39 is 6.10 Å². The van der Waals surface area contributed by atoms with Gasteiger partial charge in [0.25, 0.3) is 0 Å². The van der Waals surface area contributed by atoms with Crippen LogP contribution in [0.25, 0.3) is 0 Å². The van der Waals surface area contributed by atoms with E-state index >= 15 is 0 Å². The SMILES string of the molecule is CCCC[C@@H](CO)[C@@H](O)[C@H](C)OCc1ccccc1. The summed E-state index contributed by atoms with van der Waals surface area (Å²) in [7, 11) is 0. The highest BCUT2D eigenvalue weighted by Gasteiger charge is 2.24. The molecule has 3 heteroatoms. The fraction of sp³-hybridized carbons (Fsp3) is 0.625. The van der Waals surface area contributed by atoms with Gasteiger partial charge in [0.1, 0.15) is 0 Å². The van der Waals surface area contributed by atoms with Crippen LogP contribution in [0.3, 0.4) is 0 Å². The molecular formula is C16H26O3. The first-order valence-electron chi connectivity index (χ1n) is 7.13. The lowest BCUT2D eigenvalue weighted by Gasteiger charge is -2.26. The lowest BCUT2D eigenvalue weighted by Crippen LogP contribution is -2.35. The highest BCUT2D eigenvalue weighted by molar-refractivity contribution is 5.13. The summed E-state index contributed by atoms with van der Waals surface area (Å²) in [6.45, 7) is 4.48. The second-order valence-electron chi connectivity index (χ2n) is 5.08. The molecule has 108 valence electrons. The molecule has 0 aromatic heterocycles. The third-order valence-electron chi connectivity index (χ3n) is 3.48. The van der Waals surface area contributed by atoms with Crippen molar-refractivity contribution in [1.82, 2.24) is 0 Å². The van der Waals surface area contributed by atoms with Crippen LogP contribution in [0.2, 0.25) is 0 Å². The van der Waals surface area contributed by atoms with E-state index in [1.807, 2.05) is 37.3 Å². The Morgan fingerprint density at radius 3 is 2.47 bits per heavy atom. The predicted octanol–water partition coefficient (Wildman–Crippen LogP) is 2.75. The highest BCUT2D eigenvalue weighted by Crippen LogP contribution is 2.18. The number of ether oxygens (including phenoxy) is 1. The summed E-state index contributed by atoms with van der Waals surface area (Å²) in [5.41, 5.74) is 1.09. The van der Waals surface area contributed by atoms with E-state index in [9.17, 15) is 10.2 Å². The molecule has 0 radical (unpaired) electrons. The zero-order valence-corrected chi connectivity index (χ0v) is 12.0. The number of unbranched alkanes of at least 4 members (excludes halogenated alkanes) is 1. The van der Waals surface area contributed by atoms with Crippen molar-refractivity contribution in [1.29, 1.82) is 0 Å². The molecule has 0 aliphatic rings. The topological polar surface area (TPSA) is 49.7 Å². The molecule has 3 nitrogen and oxygen atoms in total. The lowest BCUT2D eigenvalue weighted by atomic mass is 9.94. The van der Waals surface area contributed by atoms with Crippen LogP contribution >= 0.6 is 0 Å². The lowest BCUT2D eigenvalue weighted by molar-refractivity contribution is -0.0706. The van der Waals surface area contributed by atoms with Crippen LogP contribution in [0.5, 0.6) is 0 Å². The van der Waals surface area contributed by atoms with Crippen LogP contribution in [0.1, 0.15) is 38.7 Å². The van der Waals surface area contributed by atoms with E-state index in [0.717, 1.165) is 24.8 Å². The van der Waals surface area contributed by atoms with Crippen molar-refractivity contribution in [3.63, 3.8) is 0 Å². The third-order valence-corrected chi connectivity index (χ3v) is 3.48. The molecule has 0 heterocycles. The van der Waals surface area contributed by atoms with Crippen LogP contribution in [0.4, 0.5) is 0 Å². The molecule has 0 saturated carbocycles. The van der Waals surface area contributed by atoms with Crippen LogP contribution in [-0.2, 0) is 11.3 Å². The molecule has 1 aromatic rings. The van der Waals surface area contributed by atoms with E-state index in [2.05, 4.69) is 6.92 Å². The number of hydrogen-bond acceptors (Lipinski definition) is 3. The van der Waals surface area contributed by atoms with Crippen molar-refractivity contribution in [2.45, 2.75) is 51.9 Å². The number of aliphatic hydroxyl groups excluding tert-OH is 2. The second-order valence-corrected chi connectivity index (χ2v) is 5.08. The van der Waals surface area contributed by atoms with Gasteiger partial charge in [-0.1, -0.05) is 50.1 Å². The molecule has 3 atom stereocenters. The van der Waals surface area contributed by atoms with Gasteiger partial charge in [0.15, 0.2) is 0 Å². The minimum absolute atomic E-state index is 0.0141. The molecule has 0 saturated heterocycles. The van der Waals surface area contributed by atoms with Crippen molar-refractivity contribution in [3.8, 4) is 0 Å². The standard InChI is InChI=1S/C16H26O3/c1-3-4-10-15(11-17)16(18)13(2)19-12-14-8-6-5-7-9-14/h5-9,13,15-18H,3-4,10-12H2,1-2H3/t13-,15-,16-/m0/s1. The molecule has 2 N–H and O–H groups in total. The fourth-order valence-corrected chi connectivity index (χ4v) is 2.12. The maximum absolute atomic E-state index is 10.2. The van der Waals surface area contributed by atoms with Crippen molar-refractivity contribution >= 4 is 0 Å². The molecule has 0 aliphatic heterocycles. The Hall–Kier alpha value is -0.900. The Balaban J connectivity index is 2.40. The number of rotatable bonds is 9. The van der Waals surface area contributed by atoms with Gasteiger partial charge in [0.2, 0.25) is 0 Å². The number of hydrogen-bond donors (Lipinski definition) is 2. The minimum atomic E-state index is -0.611. The number of aliphatic hydroxyl groups is 2. The van der Waals surface area contributed by atoms with Gasteiger partial charge in [-0.15, -0.1) is 0 Å². The predicted molar refractivity (Wildman–Crippen MR) is 76.8 cm³/mol. The Bertz CT molecular complexity index is 326. The van der Waals surface area contributed by atoms with Crippen LogP contribution < -0.4 is 0 Å². The van der Waals surface area contributed by atoms with Gasteiger partial charge in [0, 0.05) is 12.5 Å². The van der Waals surface area contributed by atoms with Crippen LogP contribution in [0.15, 0.2) is 30.3 Å². The first kappa shape index (κ1) is 16.2. The fourth-order valence-electron chi connectivity index (χ4n) is 2.12. The molecular weight excluding hydrogens is 240 g/mol. The zero-order chi connectivity index (χ0) is 14.1. The van der Waals surface area contributed by atoms with E-state index in [0.29, 0.717) is 6.61 Å². The van der Waals surface area contributed by atoms with Crippen molar-refractivity contribution in [3.05, 3.63) is 35.9 Å². The van der Waals surface area contributed by atoms with Crippen molar-refractivity contribution < 1.29 is 14.9 Å².